The molecule has 1 saturated heterocycles. The predicted molar refractivity (Wildman–Crippen MR) is 116 cm³/mol. The van der Waals surface area contributed by atoms with Gasteiger partial charge in [0.2, 0.25) is 0 Å². The van der Waals surface area contributed by atoms with Gasteiger partial charge in [-0.05, 0) is 55.4 Å². The average Bonchev–Trinajstić information content (AvgIpc) is 2.69. The fourth-order valence-corrected chi connectivity index (χ4v) is 3.69. The average molecular weight is 422 g/mol. The van der Waals surface area contributed by atoms with Gasteiger partial charge in [-0.1, -0.05) is 30.1 Å². The van der Waals surface area contributed by atoms with Crippen molar-refractivity contribution in [3.05, 3.63) is 52.0 Å². The minimum atomic E-state index is -0.238. The molecule has 2 aromatic rings. The van der Waals surface area contributed by atoms with Crippen molar-refractivity contribution < 1.29 is 9.53 Å². The first-order chi connectivity index (χ1) is 13.5. The van der Waals surface area contributed by atoms with Crippen LogP contribution < -0.4 is 15.0 Å². The molecule has 1 amide bonds. The minimum absolute atomic E-state index is 0.123. The van der Waals surface area contributed by atoms with Gasteiger partial charge in [0, 0.05) is 42.6 Å². The first kappa shape index (κ1) is 20.8. The summed E-state index contributed by atoms with van der Waals surface area (Å²) >= 11 is 11.9. The molecule has 0 atom stereocenters. The molecule has 0 radical (unpaired) electrons. The van der Waals surface area contributed by atoms with E-state index < -0.39 is 0 Å². The van der Waals surface area contributed by atoms with Crippen LogP contribution in [0.15, 0.2) is 36.4 Å². The van der Waals surface area contributed by atoms with Crippen LogP contribution in [0.5, 0.6) is 5.75 Å². The standard InChI is InChI=1S/C21H25Cl2N3O2/c1-3-25-8-10-26(11-9-25)17-5-6-19(15(2)12-17)24-21(27)14-28-20-7-4-16(22)13-18(20)23/h4-7,12-13H,3,8-11,14H2,1-2H3,(H,24,27). The van der Waals surface area contributed by atoms with Crippen molar-refractivity contribution in [2.45, 2.75) is 13.8 Å². The lowest BCUT2D eigenvalue weighted by atomic mass is 10.1. The molecular weight excluding hydrogens is 397 g/mol. The zero-order valence-electron chi connectivity index (χ0n) is 16.2. The molecule has 0 spiro atoms. The highest BCUT2D eigenvalue weighted by molar-refractivity contribution is 6.35. The van der Waals surface area contributed by atoms with Gasteiger partial charge in [0.25, 0.3) is 5.91 Å². The van der Waals surface area contributed by atoms with Crippen LogP contribution in [0, 0.1) is 6.92 Å². The predicted octanol–water partition coefficient (Wildman–Crippen LogP) is 4.46. The Balaban J connectivity index is 1.56. The molecule has 7 heteroatoms. The number of carbonyl (C=O) groups is 1. The summed E-state index contributed by atoms with van der Waals surface area (Å²) in [5, 5.41) is 3.80. The van der Waals surface area contributed by atoms with Crippen LogP contribution in [-0.4, -0.2) is 50.1 Å². The zero-order valence-corrected chi connectivity index (χ0v) is 17.7. The molecule has 2 aromatic carbocycles. The molecule has 0 saturated carbocycles. The molecule has 1 aliphatic heterocycles. The number of nitrogens with one attached hydrogen (secondary N) is 1. The van der Waals surface area contributed by atoms with Crippen LogP contribution in [0.1, 0.15) is 12.5 Å². The van der Waals surface area contributed by atoms with Gasteiger partial charge < -0.3 is 19.9 Å². The third-order valence-corrected chi connectivity index (χ3v) is 5.45. The van der Waals surface area contributed by atoms with Gasteiger partial charge in [0.15, 0.2) is 6.61 Å². The van der Waals surface area contributed by atoms with Crippen LogP contribution in [0.25, 0.3) is 0 Å². The molecule has 1 N–H and O–H groups in total. The normalized spacial score (nSPS) is 14.8. The second kappa shape index (κ2) is 9.50. The van der Waals surface area contributed by atoms with Gasteiger partial charge >= 0.3 is 0 Å². The number of anilines is 2. The van der Waals surface area contributed by atoms with Crippen molar-refractivity contribution in [1.82, 2.24) is 4.90 Å². The van der Waals surface area contributed by atoms with Gasteiger partial charge in [-0.25, -0.2) is 0 Å². The number of benzene rings is 2. The van der Waals surface area contributed by atoms with Gasteiger partial charge in [-0.2, -0.15) is 0 Å². The molecule has 1 heterocycles. The monoisotopic (exact) mass is 421 g/mol. The summed E-state index contributed by atoms with van der Waals surface area (Å²) in [6.07, 6.45) is 0. The summed E-state index contributed by atoms with van der Waals surface area (Å²) in [5.74, 6) is 0.193. The summed E-state index contributed by atoms with van der Waals surface area (Å²) in [5.41, 5.74) is 3.00. The van der Waals surface area contributed by atoms with Crippen LogP contribution >= 0.6 is 23.2 Å². The van der Waals surface area contributed by atoms with E-state index in [0.717, 1.165) is 44.0 Å². The van der Waals surface area contributed by atoms with Crippen molar-refractivity contribution in [1.29, 1.82) is 0 Å². The number of amides is 1. The van der Waals surface area contributed by atoms with Crippen molar-refractivity contribution in [2.75, 3.05) is 49.5 Å². The lowest BCUT2D eigenvalue weighted by Gasteiger charge is -2.35. The van der Waals surface area contributed by atoms with E-state index in [1.807, 2.05) is 13.0 Å². The van der Waals surface area contributed by atoms with E-state index >= 15 is 0 Å². The molecule has 0 aliphatic carbocycles. The Labute approximate surface area is 176 Å². The second-order valence-corrected chi connectivity index (χ2v) is 7.68. The van der Waals surface area contributed by atoms with Crippen LogP contribution in [0.2, 0.25) is 10.0 Å². The van der Waals surface area contributed by atoms with E-state index in [-0.39, 0.29) is 12.5 Å². The largest absolute Gasteiger partial charge is 0.482 e. The molecular formula is C21H25Cl2N3O2. The molecule has 3 rings (SSSR count). The number of carbonyl (C=O) groups excluding carboxylic acids is 1. The maximum absolute atomic E-state index is 12.3. The highest BCUT2D eigenvalue weighted by Crippen LogP contribution is 2.28. The van der Waals surface area contributed by atoms with E-state index in [9.17, 15) is 4.79 Å². The van der Waals surface area contributed by atoms with E-state index in [4.69, 9.17) is 27.9 Å². The first-order valence-electron chi connectivity index (χ1n) is 9.42. The summed E-state index contributed by atoms with van der Waals surface area (Å²) < 4.78 is 5.49. The lowest BCUT2D eigenvalue weighted by molar-refractivity contribution is -0.118. The zero-order chi connectivity index (χ0) is 20.1. The summed E-state index contributed by atoms with van der Waals surface area (Å²) in [6, 6.07) is 11.0. The Bertz CT molecular complexity index is 836. The number of hydrogen-bond acceptors (Lipinski definition) is 4. The quantitative estimate of drug-likeness (QED) is 0.747. The van der Waals surface area contributed by atoms with Crippen molar-refractivity contribution in [3.63, 3.8) is 0 Å². The Morgan fingerprint density at radius 2 is 1.86 bits per heavy atom. The van der Waals surface area contributed by atoms with E-state index in [0.29, 0.717) is 15.8 Å². The SMILES string of the molecule is CCN1CCN(c2ccc(NC(=O)COc3ccc(Cl)cc3Cl)c(C)c2)CC1. The molecule has 1 aliphatic rings. The highest BCUT2D eigenvalue weighted by Gasteiger charge is 2.16. The minimum Gasteiger partial charge on any atom is -0.482 e. The maximum atomic E-state index is 12.3. The third-order valence-electron chi connectivity index (χ3n) is 4.92. The Morgan fingerprint density at radius 3 is 2.50 bits per heavy atom. The second-order valence-electron chi connectivity index (χ2n) is 6.83. The third kappa shape index (κ3) is 5.31. The number of nitrogens with zero attached hydrogens (tertiary/aromatic N) is 2. The number of rotatable bonds is 6. The number of hydrogen-bond donors (Lipinski definition) is 1. The number of piperazine rings is 1. The fraction of sp³-hybridized carbons (Fsp3) is 0.381. The molecule has 0 bridgehead atoms. The van der Waals surface area contributed by atoms with Crippen molar-refractivity contribution >= 4 is 40.5 Å². The topological polar surface area (TPSA) is 44.8 Å². The van der Waals surface area contributed by atoms with Gasteiger partial charge in [-0.3, -0.25) is 4.79 Å². The van der Waals surface area contributed by atoms with E-state index in [1.165, 1.54) is 5.69 Å². The number of ether oxygens (including phenoxy) is 1. The van der Waals surface area contributed by atoms with Crippen LogP contribution in [0.4, 0.5) is 11.4 Å². The first-order valence-corrected chi connectivity index (χ1v) is 10.2. The molecule has 5 nitrogen and oxygen atoms in total. The maximum Gasteiger partial charge on any atom is 0.262 e. The number of likely N-dealkylation sites (N-methyl/N-ethyl adjacent to an activating group) is 1. The molecule has 28 heavy (non-hydrogen) atoms. The van der Waals surface area contributed by atoms with Crippen molar-refractivity contribution in [3.8, 4) is 5.75 Å². The summed E-state index contributed by atoms with van der Waals surface area (Å²) in [6.45, 7) is 9.38. The lowest BCUT2D eigenvalue weighted by Crippen LogP contribution is -2.46. The summed E-state index contributed by atoms with van der Waals surface area (Å²) in [7, 11) is 0. The van der Waals surface area contributed by atoms with E-state index in [1.54, 1.807) is 18.2 Å². The highest BCUT2D eigenvalue weighted by atomic mass is 35.5. The molecule has 1 fully saturated rings. The fourth-order valence-electron chi connectivity index (χ4n) is 3.23. The molecule has 150 valence electrons. The van der Waals surface area contributed by atoms with Gasteiger partial charge in [0.1, 0.15) is 5.75 Å². The van der Waals surface area contributed by atoms with Gasteiger partial charge in [-0.15, -0.1) is 0 Å². The van der Waals surface area contributed by atoms with Crippen LogP contribution in [0.3, 0.4) is 0 Å². The Morgan fingerprint density at radius 1 is 1.11 bits per heavy atom. The Kier molecular flexibility index (Phi) is 7.05. The molecule has 0 aromatic heterocycles. The van der Waals surface area contributed by atoms with E-state index in [2.05, 4.69) is 34.2 Å². The van der Waals surface area contributed by atoms with Gasteiger partial charge in [0.05, 0.1) is 5.02 Å². The smallest absolute Gasteiger partial charge is 0.262 e. The van der Waals surface area contributed by atoms with Crippen LogP contribution in [-0.2, 0) is 4.79 Å². The van der Waals surface area contributed by atoms with Crippen molar-refractivity contribution in [2.24, 2.45) is 0 Å². The number of halogens is 2. The Hall–Kier alpha value is -1.95. The molecule has 0 unspecified atom stereocenters. The summed E-state index contributed by atoms with van der Waals surface area (Å²) in [4.78, 5) is 17.1. The number of aryl methyl sites for hydroxylation is 1.